The maximum Gasteiger partial charge on any atom is 0.243 e. The summed E-state index contributed by atoms with van der Waals surface area (Å²) in [7, 11) is 0. The number of amides is 1. The van der Waals surface area contributed by atoms with Crippen molar-refractivity contribution in [3.8, 4) is 0 Å². The lowest BCUT2D eigenvalue weighted by Crippen LogP contribution is -2.39. The number of nitrogens with one attached hydrogen (secondary N) is 2. The van der Waals surface area contributed by atoms with Crippen LogP contribution >= 0.6 is 0 Å². The van der Waals surface area contributed by atoms with Crippen LogP contribution in [0.25, 0.3) is 0 Å². The lowest BCUT2D eigenvalue weighted by atomic mass is 10.0. The Morgan fingerprint density at radius 3 is 2.81 bits per heavy atom. The van der Waals surface area contributed by atoms with Crippen LogP contribution in [0.2, 0.25) is 0 Å². The van der Waals surface area contributed by atoms with Gasteiger partial charge in [0.15, 0.2) is 0 Å². The average Bonchev–Trinajstić information content (AvgIpc) is 2.91. The second-order valence-electron chi connectivity index (χ2n) is 5.70. The fourth-order valence-corrected chi connectivity index (χ4v) is 2.79. The van der Waals surface area contributed by atoms with Crippen molar-refractivity contribution in [2.45, 2.75) is 32.4 Å². The van der Waals surface area contributed by atoms with Crippen LogP contribution in [0, 0.1) is 6.92 Å². The highest BCUT2D eigenvalue weighted by molar-refractivity contribution is 5.87. The third-order valence-corrected chi connectivity index (χ3v) is 3.99. The number of hydrogen-bond donors (Lipinski definition) is 2. The first-order valence-electron chi connectivity index (χ1n) is 7.35. The van der Waals surface area contributed by atoms with E-state index in [9.17, 15) is 4.79 Å². The first-order valence-corrected chi connectivity index (χ1v) is 7.35. The molecule has 2 aromatic carbocycles. The molecule has 0 unspecified atom stereocenters. The molecular formula is C18H20N2O. The zero-order valence-electron chi connectivity index (χ0n) is 12.4. The Bertz CT molecular complexity index is 641. The molecule has 0 saturated heterocycles. The van der Waals surface area contributed by atoms with Crippen molar-refractivity contribution in [2.24, 2.45) is 0 Å². The Labute approximate surface area is 125 Å². The predicted molar refractivity (Wildman–Crippen MR) is 85.3 cm³/mol. The molecular weight excluding hydrogens is 260 g/mol. The summed E-state index contributed by atoms with van der Waals surface area (Å²) in [6.45, 7) is 4.09. The Hall–Kier alpha value is -2.29. The summed E-state index contributed by atoms with van der Waals surface area (Å²) < 4.78 is 0. The highest BCUT2D eigenvalue weighted by Gasteiger charge is 2.27. The smallest absolute Gasteiger partial charge is 0.243 e. The molecule has 0 aliphatic carbocycles. The maximum absolute atomic E-state index is 12.4. The fraction of sp³-hybridized carbons (Fsp3) is 0.278. The topological polar surface area (TPSA) is 41.1 Å². The molecule has 1 aliphatic rings. The van der Waals surface area contributed by atoms with Crippen LogP contribution in [0.4, 0.5) is 5.69 Å². The average molecular weight is 280 g/mol. The van der Waals surface area contributed by atoms with Crippen LogP contribution < -0.4 is 10.6 Å². The minimum Gasteiger partial charge on any atom is -0.373 e. The van der Waals surface area contributed by atoms with Crippen molar-refractivity contribution in [1.82, 2.24) is 5.32 Å². The third kappa shape index (κ3) is 2.92. The molecule has 1 amide bonds. The van der Waals surface area contributed by atoms with E-state index in [2.05, 4.69) is 41.8 Å². The van der Waals surface area contributed by atoms with Crippen LogP contribution in [-0.2, 0) is 11.2 Å². The summed E-state index contributed by atoms with van der Waals surface area (Å²) in [4.78, 5) is 12.4. The summed E-state index contributed by atoms with van der Waals surface area (Å²) in [6, 6.07) is 16.2. The molecule has 0 saturated carbocycles. The molecule has 3 heteroatoms. The van der Waals surface area contributed by atoms with E-state index in [0.717, 1.165) is 17.7 Å². The highest BCUT2D eigenvalue weighted by Crippen LogP contribution is 2.25. The first-order chi connectivity index (χ1) is 10.1. The van der Waals surface area contributed by atoms with Crippen LogP contribution in [0.1, 0.15) is 29.7 Å². The number of anilines is 1. The minimum atomic E-state index is -0.172. The molecule has 2 atom stereocenters. The van der Waals surface area contributed by atoms with E-state index < -0.39 is 0 Å². The zero-order chi connectivity index (χ0) is 14.8. The molecule has 21 heavy (non-hydrogen) atoms. The van der Waals surface area contributed by atoms with E-state index in [-0.39, 0.29) is 18.0 Å². The van der Waals surface area contributed by atoms with Crippen LogP contribution in [0.3, 0.4) is 0 Å². The molecule has 3 rings (SSSR count). The lowest BCUT2D eigenvalue weighted by Gasteiger charge is -2.18. The van der Waals surface area contributed by atoms with Gasteiger partial charge in [-0.2, -0.15) is 0 Å². The summed E-state index contributed by atoms with van der Waals surface area (Å²) in [6.07, 6.45) is 0.753. The highest BCUT2D eigenvalue weighted by atomic mass is 16.2. The maximum atomic E-state index is 12.4. The SMILES string of the molecule is Cc1cccc([C@@H](C)NC(=O)[C@@H]2Cc3ccccc3N2)c1. The largest absolute Gasteiger partial charge is 0.373 e. The van der Waals surface area contributed by atoms with E-state index >= 15 is 0 Å². The van der Waals surface area contributed by atoms with E-state index in [0.29, 0.717) is 0 Å². The van der Waals surface area contributed by atoms with Crippen LogP contribution in [-0.4, -0.2) is 11.9 Å². The van der Waals surface area contributed by atoms with Gasteiger partial charge in [-0.1, -0.05) is 48.0 Å². The molecule has 0 bridgehead atoms. The molecule has 108 valence electrons. The minimum absolute atomic E-state index is 0.0166. The van der Waals surface area contributed by atoms with Crippen LogP contribution in [0.15, 0.2) is 48.5 Å². The molecule has 0 radical (unpaired) electrons. The lowest BCUT2D eigenvalue weighted by molar-refractivity contribution is -0.122. The van der Waals surface area contributed by atoms with Gasteiger partial charge >= 0.3 is 0 Å². The number of fused-ring (bicyclic) bond motifs is 1. The van der Waals surface area contributed by atoms with Gasteiger partial charge in [0.05, 0.1) is 6.04 Å². The monoisotopic (exact) mass is 280 g/mol. The summed E-state index contributed by atoms with van der Waals surface area (Å²) in [5.41, 5.74) is 4.63. The van der Waals surface area contributed by atoms with Gasteiger partial charge in [0.1, 0.15) is 6.04 Å². The number of hydrogen-bond acceptors (Lipinski definition) is 2. The Balaban J connectivity index is 1.65. The molecule has 1 heterocycles. The number of aryl methyl sites for hydroxylation is 1. The predicted octanol–water partition coefficient (Wildman–Crippen LogP) is 3.21. The second-order valence-corrected chi connectivity index (χ2v) is 5.70. The van der Waals surface area contributed by atoms with E-state index in [1.54, 1.807) is 0 Å². The van der Waals surface area contributed by atoms with Gasteiger partial charge in [0, 0.05) is 12.1 Å². The molecule has 3 nitrogen and oxygen atoms in total. The van der Waals surface area contributed by atoms with Crippen molar-refractivity contribution in [3.05, 3.63) is 65.2 Å². The van der Waals surface area contributed by atoms with Crippen LogP contribution in [0.5, 0.6) is 0 Å². The number of rotatable bonds is 3. The van der Waals surface area contributed by atoms with Crippen molar-refractivity contribution in [2.75, 3.05) is 5.32 Å². The Morgan fingerprint density at radius 2 is 2.05 bits per heavy atom. The van der Waals surface area contributed by atoms with E-state index in [4.69, 9.17) is 0 Å². The number of carbonyl (C=O) groups is 1. The fourth-order valence-electron chi connectivity index (χ4n) is 2.79. The van der Waals surface area contributed by atoms with Gasteiger partial charge in [-0.05, 0) is 31.0 Å². The molecule has 1 aliphatic heterocycles. The quantitative estimate of drug-likeness (QED) is 0.906. The van der Waals surface area contributed by atoms with Gasteiger partial charge in [-0.15, -0.1) is 0 Å². The van der Waals surface area contributed by atoms with E-state index in [1.165, 1.54) is 11.1 Å². The van der Waals surface area contributed by atoms with Gasteiger partial charge < -0.3 is 10.6 Å². The summed E-state index contributed by atoms with van der Waals surface area (Å²) >= 11 is 0. The summed E-state index contributed by atoms with van der Waals surface area (Å²) in [5, 5.41) is 6.39. The molecule has 0 aromatic heterocycles. The van der Waals surface area contributed by atoms with Gasteiger partial charge in [-0.25, -0.2) is 0 Å². The Morgan fingerprint density at radius 1 is 1.24 bits per heavy atom. The number of para-hydroxylation sites is 1. The van der Waals surface area contributed by atoms with Gasteiger partial charge in [-0.3, -0.25) is 4.79 Å². The van der Waals surface area contributed by atoms with Gasteiger partial charge in [0.2, 0.25) is 5.91 Å². The number of benzene rings is 2. The zero-order valence-corrected chi connectivity index (χ0v) is 12.4. The molecule has 0 spiro atoms. The summed E-state index contributed by atoms with van der Waals surface area (Å²) in [5.74, 6) is 0.0557. The first kappa shape index (κ1) is 13.7. The van der Waals surface area contributed by atoms with Gasteiger partial charge in [0.25, 0.3) is 0 Å². The molecule has 2 N–H and O–H groups in total. The number of carbonyl (C=O) groups excluding carboxylic acids is 1. The van der Waals surface area contributed by atoms with Crippen molar-refractivity contribution in [1.29, 1.82) is 0 Å². The second kappa shape index (κ2) is 5.60. The third-order valence-electron chi connectivity index (χ3n) is 3.99. The van der Waals surface area contributed by atoms with Crippen molar-refractivity contribution >= 4 is 11.6 Å². The van der Waals surface area contributed by atoms with Crippen molar-refractivity contribution < 1.29 is 4.79 Å². The van der Waals surface area contributed by atoms with Crippen molar-refractivity contribution in [3.63, 3.8) is 0 Å². The Kier molecular flexibility index (Phi) is 3.65. The molecule has 2 aromatic rings. The normalized spacial score (nSPS) is 17.7. The standard InChI is InChI=1S/C18H20N2O/c1-12-6-5-8-14(10-12)13(2)19-18(21)17-11-15-7-3-4-9-16(15)20-17/h3-10,13,17,20H,11H2,1-2H3,(H,19,21)/t13-,17+/m1/s1. The molecule has 0 fully saturated rings. The van der Waals surface area contributed by atoms with E-state index in [1.807, 2.05) is 31.2 Å².